The third-order valence-electron chi connectivity index (χ3n) is 5.76. The van der Waals surface area contributed by atoms with E-state index in [0.717, 1.165) is 31.8 Å². The summed E-state index contributed by atoms with van der Waals surface area (Å²) in [7, 11) is 1.71. The Morgan fingerprint density at radius 1 is 1.04 bits per heavy atom. The molecule has 0 aliphatic heterocycles. The Morgan fingerprint density at radius 2 is 1.85 bits per heavy atom. The number of nitrogens with one attached hydrogen (secondary N) is 1. The van der Waals surface area contributed by atoms with Crippen LogP contribution in [0.3, 0.4) is 0 Å². The molecule has 0 bridgehead atoms. The molecule has 3 nitrogen and oxygen atoms in total. The van der Waals surface area contributed by atoms with Crippen molar-refractivity contribution in [3.63, 3.8) is 0 Å². The van der Waals surface area contributed by atoms with E-state index in [-0.39, 0.29) is 0 Å². The number of fused-ring (bicyclic) bond motifs is 3. The van der Waals surface area contributed by atoms with Crippen LogP contribution in [0.25, 0.3) is 10.9 Å². The van der Waals surface area contributed by atoms with Crippen LogP contribution >= 0.6 is 0 Å². The second kappa shape index (κ2) is 8.18. The highest BCUT2D eigenvalue weighted by atomic mass is 16.5. The molecule has 0 spiro atoms. The van der Waals surface area contributed by atoms with Crippen molar-refractivity contribution in [3.8, 4) is 5.75 Å². The van der Waals surface area contributed by atoms with E-state index < -0.39 is 0 Å². The molecule has 142 valence electrons. The van der Waals surface area contributed by atoms with Crippen LogP contribution in [-0.2, 0) is 25.9 Å². The number of aryl methyl sites for hydroxylation is 3. The first-order chi connectivity index (χ1) is 13.3. The summed E-state index contributed by atoms with van der Waals surface area (Å²) < 4.78 is 7.81. The molecule has 0 amide bonds. The Hall–Kier alpha value is -2.26. The minimum Gasteiger partial charge on any atom is -0.497 e. The van der Waals surface area contributed by atoms with Gasteiger partial charge in [0.05, 0.1) is 7.11 Å². The molecule has 0 saturated heterocycles. The highest BCUT2D eigenvalue weighted by Gasteiger charge is 2.19. The molecular weight excluding hydrogens is 332 g/mol. The molecule has 1 heterocycles. The molecule has 1 aromatic heterocycles. The van der Waals surface area contributed by atoms with Gasteiger partial charge in [-0.05, 0) is 81.0 Å². The minimum absolute atomic E-state index is 0.910. The zero-order valence-electron chi connectivity index (χ0n) is 16.6. The molecule has 1 aliphatic carbocycles. The number of nitrogens with zero attached hydrogens (tertiary/aromatic N) is 1. The lowest BCUT2D eigenvalue weighted by atomic mass is 9.95. The maximum atomic E-state index is 5.22. The average molecular weight is 363 g/mol. The zero-order chi connectivity index (χ0) is 18.6. The number of hydrogen-bond acceptors (Lipinski definition) is 2. The maximum Gasteiger partial charge on any atom is 0.118 e. The Bertz CT molecular complexity index is 908. The van der Waals surface area contributed by atoms with Gasteiger partial charge in [-0.2, -0.15) is 0 Å². The van der Waals surface area contributed by atoms with Gasteiger partial charge < -0.3 is 14.6 Å². The third kappa shape index (κ3) is 3.89. The first-order valence-corrected chi connectivity index (χ1v) is 10.2. The monoisotopic (exact) mass is 362 g/mol. The quantitative estimate of drug-likeness (QED) is 0.598. The Morgan fingerprint density at radius 3 is 2.67 bits per heavy atom. The van der Waals surface area contributed by atoms with Crippen LogP contribution in [0, 0.1) is 6.92 Å². The topological polar surface area (TPSA) is 26.2 Å². The number of ether oxygens (including phenoxy) is 1. The normalized spacial score (nSPS) is 13.7. The summed E-state index contributed by atoms with van der Waals surface area (Å²) in [6, 6.07) is 15.3. The molecule has 3 aromatic rings. The smallest absolute Gasteiger partial charge is 0.118 e. The van der Waals surface area contributed by atoms with Crippen LogP contribution in [-0.4, -0.2) is 18.2 Å². The summed E-state index contributed by atoms with van der Waals surface area (Å²) >= 11 is 0. The van der Waals surface area contributed by atoms with Crippen LogP contribution in [0.5, 0.6) is 5.75 Å². The number of methoxy groups -OCH3 is 1. The molecule has 2 aromatic carbocycles. The molecule has 0 saturated carbocycles. The van der Waals surface area contributed by atoms with E-state index in [1.165, 1.54) is 47.7 Å². The summed E-state index contributed by atoms with van der Waals surface area (Å²) in [5.74, 6) is 0.915. The van der Waals surface area contributed by atoms with Gasteiger partial charge in [0, 0.05) is 29.7 Å². The summed E-state index contributed by atoms with van der Waals surface area (Å²) in [5.41, 5.74) is 7.31. The van der Waals surface area contributed by atoms with Gasteiger partial charge in [0.2, 0.25) is 0 Å². The van der Waals surface area contributed by atoms with E-state index in [2.05, 4.69) is 47.1 Å². The Balaban J connectivity index is 1.39. The second-order valence-electron chi connectivity index (χ2n) is 7.68. The van der Waals surface area contributed by atoms with Gasteiger partial charge in [-0.1, -0.05) is 23.8 Å². The van der Waals surface area contributed by atoms with E-state index >= 15 is 0 Å². The van der Waals surface area contributed by atoms with E-state index in [9.17, 15) is 0 Å². The molecule has 1 N–H and O–H groups in total. The van der Waals surface area contributed by atoms with E-state index in [1.54, 1.807) is 18.4 Å². The lowest BCUT2D eigenvalue weighted by Crippen LogP contribution is -2.17. The molecule has 0 unspecified atom stereocenters. The summed E-state index contributed by atoms with van der Waals surface area (Å²) in [6.45, 7) is 5.25. The fraction of sp³-hybridized carbons (Fsp3) is 0.417. The van der Waals surface area contributed by atoms with Crippen molar-refractivity contribution in [2.75, 3.05) is 13.7 Å². The van der Waals surface area contributed by atoms with E-state index in [0.29, 0.717) is 0 Å². The lowest BCUT2D eigenvalue weighted by Gasteiger charge is -2.16. The van der Waals surface area contributed by atoms with Crippen LogP contribution in [0.15, 0.2) is 42.5 Å². The van der Waals surface area contributed by atoms with E-state index in [1.807, 2.05) is 12.1 Å². The van der Waals surface area contributed by atoms with Crippen LogP contribution in [0.2, 0.25) is 0 Å². The minimum atomic E-state index is 0.910. The molecular formula is C24H30N2O. The lowest BCUT2D eigenvalue weighted by molar-refractivity contribution is 0.414. The maximum absolute atomic E-state index is 5.22. The SMILES string of the molecule is COc1ccc(CNCCCn2c3c(c4cc(C)ccc42)CCCC3)cc1. The number of benzene rings is 2. The molecule has 1 aliphatic rings. The van der Waals surface area contributed by atoms with Crippen LogP contribution in [0.1, 0.15) is 41.6 Å². The first-order valence-electron chi connectivity index (χ1n) is 10.2. The van der Waals surface area contributed by atoms with Crippen molar-refractivity contribution in [2.24, 2.45) is 0 Å². The van der Waals surface area contributed by atoms with Crippen molar-refractivity contribution in [1.82, 2.24) is 9.88 Å². The summed E-state index contributed by atoms with van der Waals surface area (Å²) in [6.07, 6.45) is 6.31. The Labute approximate surface area is 162 Å². The fourth-order valence-corrected chi connectivity index (χ4v) is 4.34. The molecule has 27 heavy (non-hydrogen) atoms. The standard InChI is InChI=1S/C24H30N2O/c1-18-8-13-24-22(16-18)21-6-3-4-7-23(21)26(24)15-5-14-25-17-19-9-11-20(27-2)12-10-19/h8-13,16,25H,3-7,14-15,17H2,1-2H3. The van der Waals surface area contributed by atoms with Gasteiger partial charge >= 0.3 is 0 Å². The highest BCUT2D eigenvalue weighted by molar-refractivity contribution is 5.86. The van der Waals surface area contributed by atoms with Crippen molar-refractivity contribution in [2.45, 2.75) is 52.1 Å². The zero-order valence-corrected chi connectivity index (χ0v) is 16.6. The largest absolute Gasteiger partial charge is 0.497 e. The van der Waals surface area contributed by atoms with Crippen molar-refractivity contribution in [3.05, 3.63) is 64.8 Å². The molecule has 0 radical (unpaired) electrons. The van der Waals surface area contributed by atoms with Crippen molar-refractivity contribution in [1.29, 1.82) is 0 Å². The van der Waals surface area contributed by atoms with Gasteiger partial charge in [0.25, 0.3) is 0 Å². The van der Waals surface area contributed by atoms with Gasteiger partial charge in [0.15, 0.2) is 0 Å². The van der Waals surface area contributed by atoms with E-state index in [4.69, 9.17) is 4.74 Å². The first kappa shape index (κ1) is 18.1. The fourth-order valence-electron chi connectivity index (χ4n) is 4.34. The molecule has 0 fully saturated rings. The predicted octanol–water partition coefficient (Wildman–Crippen LogP) is 5.02. The third-order valence-corrected chi connectivity index (χ3v) is 5.76. The van der Waals surface area contributed by atoms with Gasteiger partial charge in [0.1, 0.15) is 5.75 Å². The molecule has 4 rings (SSSR count). The predicted molar refractivity (Wildman–Crippen MR) is 113 cm³/mol. The average Bonchev–Trinajstić information content (AvgIpc) is 3.01. The highest BCUT2D eigenvalue weighted by Crippen LogP contribution is 2.32. The van der Waals surface area contributed by atoms with Crippen LogP contribution in [0.4, 0.5) is 0 Å². The van der Waals surface area contributed by atoms with Crippen molar-refractivity contribution >= 4 is 10.9 Å². The number of hydrogen-bond donors (Lipinski definition) is 1. The van der Waals surface area contributed by atoms with Gasteiger partial charge in [-0.3, -0.25) is 0 Å². The van der Waals surface area contributed by atoms with Gasteiger partial charge in [-0.25, -0.2) is 0 Å². The number of rotatable bonds is 7. The molecule has 0 atom stereocenters. The van der Waals surface area contributed by atoms with Crippen molar-refractivity contribution < 1.29 is 4.74 Å². The number of aromatic nitrogens is 1. The summed E-state index contributed by atoms with van der Waals surface area (Å²) in [5, 5.41) is 5.08. The van der Waals surface area contributed by atoms with Gasteiger partial charge in [-0.15, -0.1) is 0 Å². The second-order valence-corrected chi connectivity index (χ2v) is 7.68. The summed E-state index contributed by atoms with van der Waals surface area (Å²) in [4.78, 5) is 0. The Kier molecular flexibility index (Phi) is 5.49. The van der Waals surface area contributed by atoms with Crippen LogP contribution < -0.4 is 10.1 Å². The molecule has 3 heteroatoms.